The van der Waals surface area contributed by atoms with Gasteiger partial charge >= 0.3 is 0 Å². The van der Waals surface area contributed by atoms with E-state index in [2.05, 4.69) is 18.3 Å². The molecule has 98 valence electrons. The third kappa shape index (κ3) is 2.91. The van der Waals surface area contributed by atoms with Crippen molar-refractivity contribution in [1.29, 1.82) is 0 Å². The highest BCUT2D eigenvalue weighted by Gasteiger charge is 2.23. The maximum Gasteiger partial charge on any atom is 0.128 e. The third-order valence-corrected chi connectivity index (χ3v) is 3.08. The van der Waals surface area contributed by atoms with Gasteiger partial charge in [-0.05, 0) is 32.0 Å². The molecule has 1 unspecified atom stereocenters. The molecule has 0 aromatic heterocycles. The summed E-state index contributed by atoms with van der Waals surface area (Å²) >= 11 is 0. The SMILES string of the molecule is CCCNC(C1=CCCO1)c1cc(C)ccc1F. The lowest BCUT2D eigenvalue weighted by Crippen LogP contribution is -2.25. The van der Waals surface area contributed by atoms with Gasteiger partial charge in [-0.25, -0.2) is 4.39 Å². The van der Waals surface area contributed by atoms with Crippen LogP contribution in [0.5, 0.6) is 0 Å². The molecule has 0 saturated heterocycles. The van der Waals surface area contributed by atoms with E-state index in [0.717, 1.165) is 30.7 Å². The van der Waals surface area contributed by atoms with Crippen LogP contribution in [0.4, 0.5) is 4.39 Å². The maximum absolute atomic E-state index is 14.0. The largest absolute Gasteiger partial charge is 0.496 e. The van der Waals surface area contributed by atoms with Gasteiger partial charge in [0.05, 0.1) is 12.6 Å². The van der Waals surface area contributed by atoms with Crippen molar-refractivity contribution >= 4 is 0 Å². The van der Waals surface area contributed by atoms with Crippen LogP contribution in [0, 0.1) is 12.7 Å². The molecule has 2 rings (SSSR count). The van der Waals surface area contributed by atoms with Crippen molar-refractivity contribution in [3.05, 3.63) is 47.0 Å². The lowest BCUT2D eigenvalue weighted by atomic mass is 10.0. The van der Waals surface area contributed by atoms with Crippen molar-refractivity contribution in [2.75, 3.05) is 13.2 Å². The number of hydrogen-bond acceptors (Lipinski definition) is 2. The van der Waals surface area contributed by atoms with Crippen molar-refractivity contribution in [2.24, 2.45) is 0 Å². The Labute approximate surface area is 108 Å². The molecule has 1 aromatic rings. The number of rotatable bonds is 5. The second-order valence-corrected chi connectivity index (χ2v) is 4.66. The van der Waals surface area contributed by atoms with Gasteiger partial charge in [-0.3, -0.25) is 0 Å². The highest BCUT2D eigenvalue weighted by atomic mass is 19.1. The van der Waals surface area contributed by atoms with Crippen LogP contribution in [0.2, 0.25) is 0 Å². The molecule has 0 fully saturated rings. The van der Waals surface area contributed by atoms with Crippen molar-refractivity contribution in [1.82, 2.24) is 5.32 Å². The van der Waals surface area contributed by atoms with E-state index in [-0.39, 0.29) is 11.9 Å². The van der Waals surface area contributed by atoms with E-state index in [1.807, 2.05) is 13.0 Å². The molecular weight excluding hydrogens is 229 g/mol. The predicted molar refractivity (Wildman–Crippen MR) is 70.8 cm³/mol. The molecular formula is C15H20FNO. The first-order valence-corrected chi connectivity index (χ1v) is 6.54. The molecule has 1 aromatic carbocycles. The standard InChI is InChI=1S/C15H20FNO/c1-3-8-17-15(14-5-4-9-18-14)12-10-11(2)6-7-13(12)16/h5-7,10,15,17H,3-4,8-9H2,1-2H3. The topological polar surface area (TPSA) is 21.3 Å². The van der Waals surface area contributed by atoms with E-state index >= 15 is 0 Å². The molecule has 3 heteroatoms. The van der Waals surface area contributed by atoms with Gasteiger partial charge in [0, 0.05) is 12.0 Å². The number of benzene rings is 1. The Kier molecular flexibility index (Phi) is 4.37. The first kappa shape index (κ1) is 13.1. The molecule has 1 atom stereocenters. The highest BCUT2D eigenvalue weighted by Crippen LogP contribution is 2.28. The van der Waals surface area contributed by atoms with E-state index in [1.165, 1.54) is 6.07 Å². The molecule has 1 N–H and O–H groups in total. The molecule has 0 aliphatic carbocycles. The zero-order valence-electron chi connectivity index (χ0n) is 11.0. The van der Waals surface area contributed by atoms with E-state index in [9.17, 15) is 4.39 Å². The summed E-state index contributed by atoms with van der Waals surface area (Å²) in [4.78, 5) is 0. The van der Waals surface area contributed by atoms with E-state index in [0.29, 0.717) is 12.2 Å². The van der Waals surface area contributed by atoms with Crippen molar-refractivity contribution in [3.63, 3.8) is 0 Å². The Bertz CT molecular complexity index is 442. The van der Waals surface area contributed by atoms with Gasteiger partial charge in [0.25, 0.3) is 0 Å². The Morgan fingerprint density at radius 2 is 2.28 bits per heavy atom. The van der Waals surface area contributed by atoms with Crippen LogP contribution in [-0.4, -0.2) is 13.2 Å². The Morgan fingerprint density at radius 1 is 1.44 bits per heavy atom. The van der Waals surface area contributed by atoms with Crippen LogP contribution < -0.4 is 5.32 Å². The van der Waals surface area contributed by atoms with Crippen molar-refractivity contribution in [2.45, 2.75) is 32.7 Å². The number of hydrogen-bond donors (Lipinski definition) is 1. The summed E-state index contributed by atoms with van der Waals surface area (Å²) in [6.45, 7) is 5.62. The van der Waals surface area contributed by atoms with Crippen LogP contribution >= 0.6 is 0 Å². The first-order valence-electron chi connectivity index (χ1n) is 6.54. The van der Waals surface area contributed by atoms with Gasteiger partial charge in [-0.1, -0.05) is 24.6 Å². The monoisotopic (exact) mass is 249 g/mol. The molecule has 0 saturated carbocycles. The first-order chi connectivity index (χ1) is 8.72. The average molecular weight is 249 g/mol. The van der Waals surface area contributed by atoms with E-state index in [1.54, 1.807) is 6.07 Å². The summed E-state index contributed by atoms with van der Waals surface area (Å²) in [7, 11) is 0. The van der Waals surface area contributed by atoms with E-state index < -0.39 is 0 Å². The van der Waals surface area contributed by atoms with Gasteiger partial charge < -0.3 is 10.1 Å². The fraction of sp³-hybridized carbons (Fsp3) is 0.467. The van der Waals surface area contributed by atoms with Crippen LogP contribution in [-0.2, 0) is 4.74 Å². The Hall–Kier alpha value is -1.35. The predicted octanol–water partition coefficient (Wildman–Crippen LogP) is 3.48. The zero-order valence-corrected chi connectivity index (χ0v) is 11.0. The molecule has 0 bridgehead atoms. The zero-order chi connectivity index (χ0) is 13.0. The van der Waals surface area contributed by atoms with Gasteiger partial charge in [-0.15, -0.1) is 0 Å². The molecule has 0 amide bonds. The molecule has 0 radical (unpaired) electrons. The summed E-state index contributed by atoms with van der Waals surface area (Å²) in [6, 6.07) is 5.05. The normalized spacial score (nSPS) is 16.3. The summed E-state index contributed by atoms with van der Waals surface area (Å²) in [5, 5.41) is 3.36. The molecule has 1 heterocycles. The van der Waals surface area contributed by atoms with Crippen molar-refractivity contribution < 1.29 is 9.13 Å². The molecule has 1 aliphatic heterocycles. The molecule has 18 heavy (non-hydrogen) atoms. The van der Waals surface area contributed by atoms with Crippen LogP contribution in [0.1, 0.15) is 36.9 Å². The van der Waals surface area contributed by atoms with Gasteiger partial charge in [0.1, 0.15) is 11.6 Å². The minimum atomic E-state index is -0.175. The third-order valence-electron chi connectivity index (χ3n) is 3.08. The fourth-order valence-corrected chi connectivity index (χ4v) is 2.17. The Balaban J connectivity index is 2.29. The smallest absolute Gasteiger partial charge is 0.128 e. The Morgan fingerprint density at radius 3 is 2.94 bits per heavy atom. The average Bonchev–Trinajstić information content (AvgIpc) is 2.88. The van der Waals surface area contributed by atoms with Crippen LogP contribution in [0.25, 0.3) is 0 Å². The molecule has 2 nitrogen and oxygen atoms in total. The summed E-state index contributed by atoms with van der Waals surface area (Å²) < 4.78 is 19.6. The summed E-state index contributed by atoms with van der Waals surface area (Å²) in [6.07, 6.45) is 3.97. The number of halogens is 1. The fourth-order valence-electron chi connectivity index (χ4n) is 2.17. The lowest BCUT2D eigenvalue weighted by molar-refractivity contribution is 0.214. The second-order valence-electron chi connectivity index (χ2n) is 4.66. The summed E-state index contributed by atoms with van der Waals surface area (Å²) in [5.74, 6) is 0.679. The minimum absolute atomic E-state index is 0.160. The van der Waals surface area contributed by atoms with Gasteiger partial charge in [-0.2, -0.15) is 0 Å². The highest BCUT2D eigenvalue weighted by molar-refractivity contribution is 5.31. The van der Waals surface area contributed by atoms with Gasteiger partial charge in [0.2, 0.25) is 0 Å². The maximum atomic E-state index is 14.0. The molecule has 1 aliphatic rings. The minimum Gasteiger partial charge on any atom is -0.496 e. The van der Waals surface area contributed by atoms with Crippen LogP contribution in [0.3, 0.4) is 0 Å². The number of nitrogens with one attached hydrogen (secondary N) is 1. The lowest BCUT2D eigenvalue weighted by Gasteiger charge is -2.21. The molecule has 0 spiro atoms. The quantitative estimate of drug-likeness (QED) is 0.862. The number of ether oxygens (including phenoxy) is 1. The second kappa shape index (κ2) is 6.01. The van der Waals surface area contributed by atoms with Crippen LogP contribution in [0.15, 0.2) is 30.0 Å². The number of aryl methyl sites for hydroxylation is 1. The summed E-state index contributed by atoms with van der Waals surface area (Å²) in [5.41, 5.74) is 1.74. The van der Waals surface area contributed by atoms with E-state index in [4.69, 9.17) is 4.74 Å². The van der Waals surface area contributed by atoms with Gasteiger partial charge in [0.15, 0.2) is 0 Å². The van der Waals surface area contributed by atoms with Crippen molar-refractivity contribution in [3.8, 4) is 0 Å².